The fraction of sp³-hybridized carbons (Fsp3) is 0. The van der Waals surface area contributed by atoms with Crippen molar-refractivity contribution in [1.29, 1.82) is 0 Å². The third-order valence-electron chi connectivity index (χ3n) is 5.15. The Labute approximate surface area is 174 Å². The van der Waals surface area contributed by atoms with E-state index in [0.717, 1.165) is 15.3 Å². The summed E-state index contributed by atoms with van der Waals surface area (Å²) in [5.74, 6) is -0.434. The summed E-state index contributed by atoms with van der Waals surface area (Å²) in [6.45, 7) is 0. The molecule has 0 atom stereocenters. The average Bonchev–Trinajstić information content (AvgIpc) is 2.73. The van der Waals surface area contributed by atoms with Gasteiger partial charge in [0.15, 0.2) is 0 Å². The smallest absolute Gasteiger partial charge is 0.306 e. The molecule has 4 aromatic carbocycles. The maximum absolute atomic E-state index is 13.4. The molecular formula is C24H14ClFN2O2. The highest BCUT2D eigenvalue weighted by Gasteiger charge is 2.13. The molecule has 6 heteroatoms. The fourth-order valence-electron chi connectivity index (χ4n) is 3.73. The number of nitrogens with one attached hydrogen (secondary N) is 1. The minimum absolute atomic E-state index is 0.251. The van der Waals surface area contributed by atoms with E-state index in [2.05, 4.69) is 4.98 Å². The van der Waals surface area contributed by atoms with Gasteiger partial charge in [-0.05, 0) is 47.3 Å². The highest BCUT2D eigenvalue weighted by molar-refractivity contribution is 6.33. The molecule has 0 saturated heterocycles. The topological polar surface area (TPSA) is 54.9 Å². The van der Waals surface area contributed by atoms with Gasteiger partial charge in [-0.2, -0.15) is 0 Å². The van der Waals surface area contributed by atoms with Crippen LogP contribution in [0.3, 0.4) is 0 Å². The summed E-state index contributed by atoms with van der Waals surface area (Å²) in [4.78, 5) is 28.9. The van der Waals surface area contributed by atoms with E-state index in [4.69, 9.17) is 11.6 Å². The SMILES string of the molecule is O=c1[nH]c2cc(-c3ccc(F)cc3Cl)ccc2c(=O)n1-c1cccc2ccccc12. The lowest BCUT2D eigenvalue weighted by Gasteiger charge is -2.11. The van der Waals surface area contributed by atoms with Crippen molar-refractivity contribution >= 4 is 33.3 Å². The van der Waals surface area contributed by atoms with Crippen molar-refractivity contribution in [2.75, 3.05) is 0 Å². The lowest BCUT2D eigenvalue weighted by molar-refractivity contribution is 0.628. The van der Waals surface area contributed by atoms with Crippen LogP contribution in [0.1, 0.15) is 0 Å². The molecule has 1 N–H and O–H groups in total. The summed E-state index contributed by atoms with van der Waals surface area (Å²) in [5.41, 5.74) is 1.24. The number of benzene rings is 4. The van der Waals surface area contributed by atoms with E-state index in [0.29, 0.717) is 27.7 Å². The Morgan fingerprint density at radius 2 is 1.63 bits per heavy atom. The quantitative estimate of drug-likeness (QED) is 0.425. The van der Waals surface area contributed by atoms with E-state index >= 15 is 0 Å². The van der Waals surface area contributed by atoms with Crippen LogP contribution in [0.15, 0.2) is 88.5 Å². The van der Waals surface area contributed by atoms with Crippen LogP contribution in [0.4, 0.5) is 4.39 Å². The van der Waals surface area contributed by atoms with Crippen molar-refractivity contribution in [3.63, 3.8) is 0 Å². The van der Waals surface area contributed by atoms with E-state index in [-0.39, 0.29) is 5.02 Å². The first-order valence-corrected chi connectivity index (χ1v) is 9.63. The van der Waals surface area contributed by atoms with Crippen LogP contribution < -0.4 is 11.2 Å². The van der Waals surface area contributed by atoms with Crippen LogP contribution in [0, 0.1) is 5.82 Å². The summed E-state index contributed by atoms with van der Waals surface area (Å²) in [5, 5.41) is 2.36. The second kappa shape index (κ2) is 6.97. The molecule has 0 bridgehead atoms. The van der Waals surface area contributed by atoms with Crippen LogP contribution in [0.5, 0.6) is 0 Å². The van der Waals surface area contributed by atoms with Gasteiger partial charge in [0, 0.05) is 10.9 Å². The number of hydrogen-bond donors (Lipinski definition) is 1. The zero-order valence-corrected chi connectivity index (χ0v) is 16.3. The number of hydrogen-bond acceptors (Lipinski definition) is 2. The molecule has 0 radical (unpaired) electrons. The Morgan fingerprint density at radius 3 is 2.47 bits per heavy atom. The summed E-state index contributed by atoms with van der Waals surface area (Å²) in [7, 11) is 0. The monoisotopic (exact) mass is 416 g/mol. The van der Waals surface area contributed by atoms with Crippen LogP contribution in [-0.4, -0.2) is 9.55 Å². The first kappa shape index (κ1) is 18.3. The van der Waals surface area contributed by atoms with E-state index in [1.807, 2.05) is 36.4 Å². The molecule has 1 heterocycles. The zero-order valence-electron chi connectivity index (χ0n) is 15.5. The van der Waals surface area contributed by atoms with Crippen molar-refractivity contribution in [2.45, 2.75) is 0 Å². The molecule has 146 valence electrons. The van der Waals surface area contributed by atoms with Crippen LogP contribution in [-0.2, 0) is 0 Å². The number of halogens is 2. The van der Waals surface area contributed by atoms with Gasteiger partial charge in [-0.3, -0.25) is 4.79 Å². The first-order chi connectivity index (χ1) is 14.5. The molecule has 0 aliphatic carbocycles. The lowest BCUT2D eigenvalue weighted by atomic mass is 10.0. The molecule has 1 aromatic heterocycles. The Kier molecular flexibility index (Phi) is 4.26. The largest absolute Gasteiger partial charge is 0.333 e. The van der Waals surface area contributed by atoms with Gasteiger partial charge in [0.25, 0.3) is 5.56 Å². The number of aromatic amines is 1. The average molecular weight is 417 g/mol. The predicted octanol–water partition coefficient (Wildman–Crippen LogP) is 5.29. The normalized spacial score (nSPS) is 11.3. The van der Waals surface area contributed by atoms with Crippen molar-refractivity contribution in [3.8, 4) is 16.8 Å². The second-order valence-electron chi connectivity index (χ2n) is 6.95. The van der Waals surface area contributed by atoms with Crippen LogP contribution in [0.2, 0.25) is 5.02 Å². The fourth-order valence-corrected chi connectivity index (χ4v) is 4.01. The van der Waals surface area contributed by atoms with Gasteiger partial charge in [-0.25, -0.2) is 13.8 Å². The van der Waals surface area contributed by atoms with Crippen LogP contribution >= 0.6 is 11.6 Å². The van der Waals surface area contributed by atoms with E-state index in [1.165, 1.54) is 12.1 Å². The first-order valence-electron chi connectivity index (χ1n) is 9.25. The lowest BCUT2D eigenvalue weighted by Crippen LogP contribution is -2.33. The number of nitrogens with zero attached hydrogens (tertiary/aromatic N) is 1. The number of H-pyrrole nitrogens is 1. The molecule has 0 saturated carbocycles. The molecule has 30 heavy (non-hydrogen) atoms. The Bertz CT molecular complexity index is 1560. The number of rotatable bonds is 2. The van der Waals surface area contributed by atoms with E-state index in [9.17, 15) is 14.0 Å². The van der Waals surface area contributed by atoms with E-state index in [1.54, 1.807) is 30.3 Å². The van der Waals surface area contributed by atoms with Gasteiger partial charge in [0.05, 0.1) is 21.6 Å². The van der Waals surface area contributed by atoms with Gasteiger partial charge >= 0.3 is 5.69 Å². The number of fused-ring (bicyclic) bond motifs is 2. The molecular weight excluding hydrogens is 403 g/mol. The Balaban J connectivity index is 1.75. The summed E-state index contributed by atoms with van der Waals surface area (Å²) in [6.07, 6.45) is 0. The van der Waals surface area contributed by atoms with Gasteiger partial charge in [0.2, 0.25) is 0 Å². The minimum Gasteiger partial charge on any atom is -0.306 e. The molecule has 0 aliphatic heterocycles. The molecule has 5 aromatic rings. The number of aromatic nitrogens is 2. The highest BCUT2D eigenvalue weighted by Crippen LogP contribution is 2.30. The van der Waals surface area contributed by atoms with Crippen molar-refractivity contribution in [3.05, 3.63) is 111 Å². The van der Waals surface area contributed by atoms with Crippen molar-refractivity contribution in [2.24, 2.45) is 0 Å². The van der Waals surface area contributed by atoms with Gasteiger partial charge in [-0.15, -0.1) is 0 Å². The minimum atomic E-state index is -0.536. The molecule has 0 fully saturated rings. The molecule has 4 nitrogen and oxygen atoms in total. The van der Waals surface area contributed by atoms with Crippen molar-refractivity contribution in [1.82, 2.24) is 9.55 Å². The van der Waals surface area contributed by atoms with Crippen LogP contribution in [0.25, 0.3) is 38.5 Å². The Hall–Kier alpha value is -3.70. The molecule has 5 rings (SSSR count). The summed E-state index contributed by atoms with van der Waals surface area (Å²) < 4.78 is 14.5. The molecule has 0 spiro atoms. The maximum Gasteiger partial charge on any atom is 0.333 e. The maximum atomic E-state index is 13.4. The second-order valence-corrected chi connectivity index (χ2v) is 7.36. The summed E-state index contributed by atoms with van der Waals surface area (Å²) >= 11 is 6.16. The molecule has 0 aliphatic rings. The van der Waals surface area contributed by atoms with Gasteiger partial charge in [0.1, 0.15) is 5.82 Å². The predicted molar refractivity (Wildman–Crippen MR) is 118 cm³/mol. The Morgan fingerprint density at radius 1 is 0.833 bits per heavy atom. The highest BCUT2D eigenvalue weighted by atomic mass is 35.5. The van der Waals surface area contributed by atoms with E-state index < -0.39 is 17.1 Å². The molecule has 0 unspecified atom stereocenters. The third kappa shape index (κ3) is 2.91. The standard InChI is InChI=1S/C24H14ClFN2O2/c25-20-13-16(26)9-11-17(20)15-8-10-19-21(12-15)27-24(30)28(23(19)29)22-7-3-5-14-4-1-2-6-18(14)22/h1-13H,(H,27,30). The molecule has 0 amide bonds. The van der Waals surface area contributed by atoms with Gasteiger partial charge < -0.3 is 4.98 Å². The van der Waals surface area contributed by atoms with Gasteiger partial charge in [-0.1, -0.05) is 54.1 Å². The summed E-state index contributed by atoms with van der Waals surface area (Å²) in [6, 6.07) is 22.2. The zero-order chi connectivity index (χ0) is 20.8. The van der Waals surface area contributed by atoms with Crippen molar-refractivity contribution < 1.29 is 4.39 Å². The third-order valence-corrected chi connectivity index (χ3v) is 5.46.